The van der Waals surface area contributed by atoms with E-state index in [0.29, 0.717) is 22.8 Å². The summed E-state index contributed by atoms with van der Waals surface area (Å²) >= 11 is 6.54. The van der Waals surface area contributed by atoms with Crippen molar-refractivity contribution in [3.05, 3.63) is 131 Å². The van der Waals surface area contributed by atoms with E-state index < -0.39 is 28.5 Å². The van der Waals surface area contributed by atoms with Gasteiger partial charge >= 0.3 is 0 Å². The second kappa shape index (κ2) is 15.5. The SMILES string of the molecule is CCCCNC(=O)[C@H](Cc1ccccc1)N(Cc1ccccc1Cl)C(=O)CN(c1ccccc1)S(=O)(=O)c1ccc(C)cc1. The lowest BCUT2D eigenvalue weighted by Crippen LogP contribution is -2.53. The number of benzene rings is 4. The van der Waals surface area contributed by atoms with Crippen molar-refractivity contribution in [3.8, 4) is 0 Å². The molecule has 0 aliphatic carbocycles. The lowest BCUT2D eigenvalue weighted by molar-refractivity contribution is -0.140. The summed E-state index contributed by atoms with van der Waals surface area (Å²) in [5, 5.41) is 3.43. The topological polar surface area (TPSA) is 86.8 Å². The number of sulfonamides is 1. The van der Waals surface area contributed by atoms with Crippen LogP contribution >= 0.6 is 11.6 Å². The average Bonchev–Trinajstić information content (AvgIpc) is 3.03. The van der Waals surface area contributed by atoms with Crippen molar-refractivity contribution >= 4 is 39.1 Å². The van der Waals surface area contributed by atoms with Crippen LogP contribution in [0.2, 0.25) is 5.02 Å². The lowest BCUT2D eigenvalue weighted by Gasteiger charge is -2.34. The van der Waals surface area contributed by atoms with Crippen LogP contribution in [0.4, 0.5) is 5.69 Å². The quantitative estimate of drug-likeness (QED) is 0.163. The molecular weight excluding hydrogens is 594 g/mol. The fraction of sp³-hybridized carbons (Fsp3) is 0.257. The third-order valence-electron chi connectivity index (χ3n) is 7.33. The van der Waals surface area contributed by atoms with Gasteiger partial charge in [-0.3, -0.25) is 13.9 Å². The number of anilines is 1. The molecule has 0 fully saturated rings. The molecule has 0 aliphatic heterocycles. The van der Waals surface area contributed by atoms with Gasteiger partial charge in [0.1, 0.15) is 12.6 Å². The number of unbranched alkanes of at least 4 members (excludes halogenated alkanes) is 1. The van der Waals surface area contributed by atoms with Crippen molar-refractivity contribution in [2.75, 3.05) is 17.4 Å². The molecular formula is C35H38ClN3O4S. The fourth-order valence-corrected chi connectivity index (χ4v) is 6.44. The number of halogens is 1. The Balaban J connectivity index is 1.78. The van der Waals surface area contributed by atoms with Gasteiger partial charge in [0.2, 0.25) is 11.8 Å². The maximum Gasteiger partial charge on any atom is 0.264 e. The van der Waals surface area contributed by atoms with E-state index in [4.69, 9.17) is 11.6 Å². The minimum Gasteiger partial charge on any atom is -0.354 e. The van der Waals surface area contributed by atoms with Crippen LogP contribution in [0.15, 0.2) is 114 Å². The van der Waals surface area contributed by atoms with Crippen LogP contribution in [0, 0.1) is 6.92 Å². The van der Waals surface area contributed by atoms with E-state index in [9.17, 15) is 18.0 Å². The molecule has 0 bridgehead atoms. The second-order valence-electron chi connectivity index (χ2n) is 10.6. The molecule has 0 aliphatic rings. The Kier molecular flexibility index (Phi) is 11.6. The standard InChI is InChI=1S/C35H38ClN3O4S/c1-3-4-23-37-35(41)33(24-28-13-7-5-8-14-28)38(25-29-15-11-12-18-32(29)36)34(40)26-39(30-16-9-6-10-17-30)44(42,43)31-21-19-27(2)20-22-31/h5-22,33H,3-4,23-26H2,1-2H3,(H,37,41)/t33-/m0/s1. The first-order chi connectivity index (χ1) is 21.2. The monoisotopic (exact) mass is 631 g/mol. The van der Waals surface area contributed by atoms with Crippen LogP contribution < -0.4 is 9.62 Å². The summed E-state index contributed by atoms with van der Waals surface area (Å²) in [7, 11) is -4.14. The molecule has 0 radical (unpaired) electrons. The first-order valence-electron chi connectivity index (χ1n) is 14.7. The number of nitrogens with one attached hydrogen (secondary N) is 1. The smallest absolute Gasteiger partial charge is 0.264 e. The van der Waals surface area contributed by atoms with Gasteiger partial charge in [-0.2, -0.15) is 0 Å². The van der Waals surface area contributed by atoms with Gasteiger partial charge < -0.3 is 10.2 Å². The van der Waals surface area contributed by atoms with Crippen LogP contribution in [0.1, 0.15) is 36.5 Å². The Morgan fingerprint density at radius 2 is 1.45 bits per heavy atom. The van der Waals surface area contributed by atoms with Crippen LogP contribution in [0.3, 0.4) is 0 Å². The summed E-state index contributed by atoms with van der Waals surface area (Å²) in [6.45, 7) is 3.88. The Labute approximate surface area is 265 Å². The molecule has 1 atom stereocenters. The third-order valence-corrected chi connectivity index (χ3v) is 9.49. The molecule has 9 heteroatoms. The molecule has 7 nitrogen and oxygen atoms in total. The van der Waals surface area contributed by atoms with E-state index in [0.717, 1.165) is 28.3 Å². The molecule has 2 amide bonds. The molecule has 230 valence electrons. The van der Waals surface area contributed by atoms with Crippen molar-refractivity contribution in [1.82, 2.24) is 10.2 Å². The molecule has 0 aromatic heterocycles. The van der Waals surface area contributed by atoms with E-state index in [1.165, 1.54) is 17.0 Å². The van der Waals surface area contributed by atoms with Gasteiger partial charge in [-0.15, -0.1) is 0 Å². The highest BCUT2D eigenvalue weighted by molar-refractivity contribution is 7.92. The number of carbonyl (C=O) groups is 2. The van der Waals surface area contributed by atoms with Gasteiger partial charge in [0.05, 0.1) is 10.6 Å². The number of hydrogen-bond acceptors (Lipinski definition) is 4. The highest BCUT2D eigenvalue weighted by Crippen LogP contribution is 2.26. The summed E-state index contributed by atoms with van der Waals surface area (Å²) in [4.78, 5) is 29.7. The zero-order valence-corrected chi connectivity index (χ0v) is 26.6. The minimum absolute atomic E-state index is 0.0183. The number of hydrogen-bond donors (Lipinski definition) is 1. The number of amides is 2. The molecule has 0 heterocycles. The Bertz CT molecular complexity index is 1630. The first-order valence-corrected chi connectivity index (χ1v) is 16.5. The van der Waals surface area contributed by atoms with Crippen molar-refractivity contribution in [2.24, 2.45) is 0 Å². The summed E-state index contributed by atoms with van der Waals surface area (Å²) in [6.07, 6.45) is 1.93. The minimum atomic E-state index is -4.14. The molecule has 44 heavy (non-hydrogen) atoms. The van der Waals surface area contributed by atoms with E-state index in [1.54, 1.807) is 60.7 Å². The van der Waals surface area contributed by atoms with Gasteiger partial charge in [0.25, 0.3) is 10.0 Å². The van der Waals surface area contributed by atoms with Crippen molar-refractivity contribution < 1.29 is 18.0 Å². The van der Waals surface area contributed by atoms with E-state index in [-0.39, 0.29) is 23.8 Å². The molecule has 4 rings (SSSR count). The third kappa shape index (κ3) is 8.49. The lowest BCUT2D eigenvalue weighted by atomic mass is 10.0. The van der Waals surface area contributed by atoms with E-state index >= 15 is 0 Å². The zero-order chi connectivity index (χ0) is 31.5. The van der Waals surface area contributed by atoms with Gasteiger partial charge in [0, 0.05) is 24.5 Å². The molecule has 0 spiro atoms. The number of aryl methyl sites for hydroxylation is 1. The van der Waals surface area contributed by atoms with Crippen LogP contribution in [-0.2, 0) is 32.6 Å². The predicted molar refractivity (Wildman–Crippen MR) is 176 cm³/mol. The van der Waals surface area contributed by atoms with E-state index in [1.807, 2.05) is 50.2 Å². The predicted octanol–water partition coefficient (Wildman–Crippen LogP) is 6.40. The Hall–Kier alpha value is -4.14. The van der Waals surface area contributed by atoms with Crippen molar-refractivity contribution in [3.63, 3.8) is 0 Å². The van der Waals surface area contributed by atoms with E-state index in [2.05, 4.69) is 5.32 Å². The molecule has 4 aromatic carbocycles. The van der Waals surface area contributed by atoms with Crippen LogP contribution in [-0.4, -0.2) is 44.3 Å². The summed E-state index contributed by atoms with van der Waals surface area (Å²) in [6, 6.07) is 30.7. The molecule has 4 aromatic rings. The second-order valence-corrected chi connectivity index (χ2v) is 12.9. The Morgan fingerprint density at radius 1 is 0.841 bits per heavy atom. The van der Waals surface area contributed by atoms with Gasteiger partial charge in [-0.05, 0) is 54.8 Å². The van der Waals surface area contributed by atoms with Gasteiger partial charge in [-0.1, -0.05) is 109 Å². The molecule has 0 saturated heterocycles. The molecule has 0 unspecified atom stereocenters. The number of para-hydroxylation sites is 1. The highest BCUT2D eigenvalue weighted by atomic mass is 35.5. The van der Waals surface area contributed by atoms with Crippen molar-refractivity contribution in [1.29, 1.82) is 0 Å². The number of rotatable bonds is 14. The number of nitrogens with zero attached hydrogens (tertiary/aromatic N) is 2. The first kappa shape index (κ1) is 32.8. The van der Waals surface area contributed by atoms with Crippen molar-refractivity contribution in [2.45, 2.75) is 50.6 Å². The maximum atomic E-state index is 14.4. The fourth-order valence-electron chi connectivity index (χ4n) is 4.83. The average molecular weight is 632 g/mol. The molecule has 0 saturated carbocycles. The van der Waals surface area contributed by atoms with Crippen LogP contribution in [0.5, 0.6) is 0 Å². The highest BCUT2D eigenvalue weighted by Gasteiger charge is 2.34. The summed E-state index contributed by atoms with van der Waals surface area (Å²) in [5.74, 6) is -0.841. The molecule has 1 N–H and O–H groups in total. The maximum absolute atomic E-state index is 14.4. The number of carbonyl (C=O) groups excluding carboxylic acids is 2. The summed E-state index contributed by atoms with van der Waals surface area (Å²) < 4.78 is 29.2. The normalized spacial score (nSPS) is 11.9. The summed E-state index contributed by atoms with van der Waals surface area (Å²) in [5.41, 5.74) is 2.77. The Morgan fingerprint density at radius 3 is 2.09 bits per heavy atom. The van der Waals surface area contributed by atoms with Gasteiger partial charge in [-0.25, -0.2) is 8.42 Å². The van der Waals surface area contributed by atoms with Gasteiger partial charge in [0.15, 0.2) is 0 Å². The largest absolute Gasteiger partial charge is 0.354 e. The van der Waals surface area contributed by atoms with Crippen LogP contribution in [0.25, 0.3) is 0 Å². The zero-order valence-electron chi connectivity index (χ0n) is 25.0.